The third kappa shape index (κ3) is 4.39. The Balaban J connectivity index is 1.51. The second kappa shape index (κ2) is 7.54. The van der Waals surface area contributed by atoms with Gasteiger partial charge in [-0.1, -0.05) is 41.7 Å². The first-order chi connectivity index (χ1) is 12.1. The Hall–Kier alpha value is -3.26. The van der Waals surface area contributed by atoms with Crippen LogP contribution in [0.2, 0.25) is 0 Å². The van der Waals surface area contributed by atoms with Gasteiger partial charge in [0.05, 0.1) is 22.6 Å². The molecule has 0 fully saturated rings. The van der Waals surface area contributed by atoms with Crippen LogP contribution in [0.5, 0.6) is 0 Å². The lowest BCUT2D eigenvalue weighted by molar-refractivity contribution is -0.380. The first kappa shape index (κ1) is 16.6. The molecule has 3 aromatic rings. The summed E-state index contributed by atoms with van der Waals surface area (Å²) in [6.45, 7) is 0.0697. The Morgan fingerprint density at radius 1 is 1.16 bits per heavy atom. The van der Waals surface area contributed by atoms with Crippen molar-refractivity contribution in [1.82, 2.24) is 5.43 Å². The number of rotatable bonds is 6. The number of carbonyl (C=O) groups is 1. The van der Waals surface area contributed by atoms with Crippen LogP contribution in [-0.4, -0.2) is 23.6 Å². The van der Waals surface area contributed by atoms with E-state index >= 15 is 0 Å². The molecule has 0 aliphatic rings. The van der Waals surface area contributed by atoms with Crippen molar-refractivity contribution in [3.8, 4) is 0 Å². The lowest BCUT2D eigenvalue weighted by atomic mass is 10.1. The van der Waals surface area contributed by atoms with Gasteiger partial charge >= 0.3 is 5.00 Å². The minimum atomic E-state index is -0.464. The van der Waals surface area contributed by atoms with Crippen LogP contribution in [0.15, 0.2) is 59.7 Å². The van der Waals surface area contributed by atoms with E-state index in [-0.39, 0.29) is 17.5 Å². The van der Waals surface area contributed by atoms with Crippen molar-refractivity contribution in [3.05, 3.63) is 69.6 Å². The number of carbonyl (C=O) groups excluding carboxylic acids is 1. The fourth-order valence-electron chi connectivity index (χ4n) is 2.20. The molecule has 0 saturated carbocycles. The topological polar surface area (TPSA) is 96.6 Å². The van der Waals surface area contributed by atoms with Gasteiger partial charge in [0.1, 0.15) is 0 Å². The van der Waals surface area contributed by atoms with Crippen LogP contribution in [0.1, 0.15) is 4.88 Å². The van der Waals surface area contributed by atoms with Crippen LogP contribution in [0, 0.1) is 10.1 Å². The Morgan fingerprint density at radius 2 is 1.96 bits per heavy atom. The van der Waals surface area contributed by atoms with E-state index in [4.69, 9.17) is 0 Å². The van der Waals surface area contributed by atoms with Gasteiger partial charge in [-0.3, -0.25) is 14.9 Å². The predicted molar refractivity (Wildman–Crippen MR) is 99.1 cm³/mol. The van der Waals surface area contributed by atoms with E-state index in [0.29, 0.717) is 4.88 Å². The van der Waals surface area contributed by atoms with Gasteiger partial charge in [-0.25, -0.2) is 5.43 Å². The van der Waals surface area contributed by atoms with Crippen molar-refractivity contribution in [3.63, 3.8) is 0 Å². The summed E-state index contributed by atoms with van der Waals surface area (Å²) >= 11 is 0.989. The summed E-state index contributed by atoms with van der Waals surface area (Å²) in [6, 6.07) is 16.8. The summed E-state index contributed by atoms with van der Waals surface area (Å²) in [6.07, 6.45) is 1.38. The highest BCUT2D eigenvalue weighted by Crippen LogP contribution is 2.22. The third-order valence-electron chi connectivity index (χ3n) is 3.38. The van der Waals surface area contributed by atoms with Crippen LogP contribution in [0.4, 0.5) is 10.7 Å². The molecule has 0 saturated heterocycles. The SMILES string of the molecule is O=C(CNc1ccc2ccccc2c1)N/N=C\c1ccc([N+](=O)[O-])s1. The van der Waals surface area contributed by atoms with Crippen LogP contribution in [0.3, 0.4) is 0 Å². The van der Waals surface area contributed by atoms with Crippen LogP contribution >= 0.6 is 11.3 Å². The lowest BCUT2D eigenvalue weighted by Crippen LogP contribution is -2.25. The summed E-state index contributed by atoms with van der Waals surface area (Å²) in [4.78, 5) is 22.5. The van der Waals surface area contributed by atoms with Gasteiger partial charge in [0.15, 0.2) is 0 Å². The molecule has 1 amide bonds. The van der Waals surface area contributed by atoms with Gasteiger partial charge in [0.2, 0.25) is 0 Å². The van der Waals surface area contributed by atoms with Crippen molar-refractivity contribution in [2.45, 2.75) is 0 Å². The molecule has 0 radical (unpaired) electrons. The molecule has 1 heterocycles. The molecule has 3 rings (SSSR count). The predicted octanol–water partition coefficient (Wildman–Crippen LogP) is 3.37. The van der Waals surface area contributed by atoms with Gasteiger partial charge in [0, 0.05) is 11.8 Å². The maximum atomic E-state index is 11.8. The van der Waals surface area contributed by atoms with Gasteiger partial charge in [0.25, 0.3) is 5.91 Å². The molecule has 0 aliphatic heterocycles. The molecule has 0 atom stereocenters. The summed E-state index contributed by atoms with van der Waals surface area (Å²) in [5, 5.41) is 19.7. The molecule has 0 spiro atoms. The summed E-state index contributed by atoms with van der Waals surface area (Å²) < 4.78 is 0. The first-order valence-corrected chi connectivity index (χ1v) is 8.22. The minimum Gasteiger partial charge on any atom is -0.376 e. The van der Waals surface area contributed by atoms with Crippen LogP contribution in [-0.2, 0) is 4.79 Å². The Bertz CT molecular complexity index is 952. The number of benzene rings is 2. The molecule has 0 bridgehead atoms. The summed E-state index contributed by atoms with van der Waals surface area (Å²) in [5.41, 5.74) is 3.22. The Kier molecular flexibility index (Phi) is 5.00. The quantitative estimate of drug-likeness (QED) is 0.403. The fourth-order valence-corrected chi connectivity index (χ4v) is 2.89. The largest absolute Gasteiger partial charge is 0.376 e. The van der Waals surface area contributed by atoms with E-state index in [2.05, 4.69) is 15.8 Å². The number of hydrazone groups is 1. The summed E-state index contributed by atoms with van der Waals surface area (Å²) in [7, 11) is 0. The van der Waals surface area contributed by atoms with Crippen LogP contribution < -0.4 is 10.7 Å². The molecular formula is C17H14N4O3S. The highest BCUT2D eigenvalue weighted by molar-refractivity contribution is 7.16. The molecule has 7 nitrogen and oxygen atoms in total. The average molecular weight is 354 g/mol. The molecule has 2 N–H and O–H groups in total. The number of nitro groups is 1. The van der Waals surface area contributed by atoms with E-state index in [0.717, 1.165) is 27.8 Å². The van der Waals surface area contributed by atoms with Crippen molar-refractivity contribution >= 4 is 44.9 Å². The second-order valence-corrected chi connectivity index (χ2v) is 6.24. The zero-order valence-electron chi connectivity index (χ0n) is 13.0. The lowest BCUT2D eigenvalue weighted by Gasteiger charge is -2.06. The van der Waals surface area contributed by atoms with Crippen molar-refractivity contribution in [2.24, 2.45) is 5.10 Å². The maximum absolute atomic E-state index is 11.8. The second-order valence-electron chi connectivity index (χ2n) is 5.14. The van der Waals surface area contributed by atoms with Gasteiger partial charge in [-0.05, 0) is 29.0 Å². The zero-order chi connectivity index (χ0) is 17.6. The summed E-state index contributed by atoms with van der Waals surface area (Å²) in [5.74, 6) is -0.310. The van der Waals surface area contributed by atoms with E-state index < -0.39 is 4.92 Å². The Labute approximate surface area is 147 Å². The van der Waals surface area contributed by atoms with E-state index in [1.54, 1.807) is 6.07 Å². The third-order valence-corrected chi connectivity index (χ3v) is 4.35. The fraction of sp³-hybridized carbons (Fsp3) is 0.0588. The molecule has 2 aromatic carbocycles. The van der Waals surface area contributed by atoms with Crippen molar-refractivity contribution in [1.29, 1.82) is 0 Å². The number of anilines is 1. The van der Waals surface area contributed by atoms with Gasteiger partial charge < -0.3 is 5.32 Å². The monoisotopic (exact) mass is 354 g/mol. The van der Waals surface area contributed by atoms with Crippen molar-refractivity contribution < 1.29 is 9.72 Å². The molecule has 8 heteroatoms. The average Bonchev–Trinajstić information content (AvgIpc) is 3.09. The smallest absolute Gasteiger partial charge is 0.324 e. The molecule has 25 heavy (non-hydrogen) atoms. The number of hydrogen-bond acceptors (Lipinski definition) is 6. The molecule has 0 aliphatic carbocycles. The maximum Gasteiger partial charge on any atom is 0.324 e. The molecular weight excluding hydrogens is 340 g/mol. The number of amides is 1. The molecule has 126 valence electrons. The number of hydrogen-bond donors (Lipinski definition) is 2. The minimum absolute atomic E-state index is 0.0331. The number of nitrogens with zero attached hydrogens (tertiary/aromatic N) is 2. The van der Waals surface area contributed by atoms with E-state index in [1.807, 2.05) is 42.5 Å². The molecule has 0 unspecified atom stereocenters. The Morgan fingerprint density at radius 3 is 2.72 bits per heavy atom. The van der Waals surface area contributed by atoms with Crippen molar-refractivity contribution in [2.75, 3.05) is 11.9 Å². The van der Waals surface area contributed by atoms with Crippen LogP contribution in [0.25, 0.3) is 10.8 Å². The number of fused-ring (bicyclic) bond motifs is 1. The standard InChI is InChI=1S/C17H14N4O3S/c22-16(20-19-10-15-7-8-17(25-15)21(23)24)11-18-14-6-5-12-3-1-2-4-13(12)9-14/h1-10,18H,11H2,(H,20,22)/b19-10-. The highest BCUT2D eigenvalue weighted by atomic mass is 32.1. The number of nitrogens with one attached hydrogen (secondary N) is 2. The van der Waals surface area contributed by atoms with Gasteiger partial charge in [-0.2, -0.15) is 5.10 Å². The number of thiophene rings is 1. The molecule has 1 aromatic heterocycles. The highest BCUT2D eigenvalue weighted by Gasteiger charge is 2.08. The van der Waals surface area contributed by atoms with Gasteiger partial charge in [-0.15, -0.1) is 0 Å². The first-order valence-electron chi connectivity index (χ1n) is 7.40. The van der Waals surface area contributed by atoms with E-state index in [9.17, 15) is 14.9 Å². The normalized spacial score (nSPS) is 10.9. The zero-order valence-corrected chi connectivity index (χ0v) is 13.8. The van der Waals surface area contributed by atoms with E-state index in [1.165, 1.54) is 12.3 Å².